The third-order valence-electron chi connectivity index (χ3n) is 2.77. The molecular formula is C13H24N6O. The summed E-state index contributed by atoms with van der Waals surface area (Å²) in [4.78, 5) is 4.50. The lowest BCUT2D eigenvalue weighted by atomic mass is 10.4. The van der Waals surface area contributed by atoms with Crippen LogP contribution in [0.3, 0.4) is 0 Å². The fraction of sp³-hybridized carbons (Fsp3) is 0.615. The predicted octanol–water partition coefficient (Wildman–Crippen LogP) is 0.380. The minimum atomic E-state index is 0.164. The predicted molar refractivity (Wildman–Crippen MR) is 79.6 cm³/mol. The van der Waals surface area contributed by atoms with E-state index in [1.165, 1.54) is 0 Å². The number of rotatable bonds is 7. The van der Waals surface area contributed by atoms with Crippen LogP contribution in [0.1, 0.15) is 18.6 Å². The molecule has 20 heavy (non-hydrogen) atoms. The Balaban J connectivity index is 2.68. The molecule has 0 amide bonds. The van der Waals surface area contributed by atoms with Crippen molar-refractivity contribution in [2.45, 2.75) is 26.4 Å². The van der Waals surface area contributed by atoms with Crippen LogP contribution in [0.4, 0.5) is 0 Å². The molecule has 112 valence electrons. The van der Waals surface area contributed by atoms with Crippen molar-refractivity contribution in [3.63, 3.8) is 0 Å². The van der Waals surface area contributed by atoms with Crippen LogP contribution < -0.4 is 10.6 Å². The summed E-state index contributed by atoms with van der Waals surface area (Å²) in [7, 11) is 3.60. The van der Waals surface area contributed by atoms with E-state index in [2.05, 4.69) is 32.4 Å². The Kier molecular flexibility index (Phi) is 6.72. The van der Waals surface area contributed by atoms with E-state index in [4.69, 9.17) is 4.74 Å². The van der Waals surface area contributed by atoms with Gasteiger partial charge in [-0.2, -0.15) is 0 Å². The Morgan fingerprint density at radius 1 is 1.55 bits per heavy atom. The molecule has 7 nitrogen and oxygen atoms in total. The molecule has 0 saturated heterocycles. The molecule has 0 aliphatic heterocycles. The van der Waals surface area contributed by atoms with Gasteiger partial charge in [0.2, 0.25) is 0 Å². The molecule has 7 heteroatoms. The second-order valence-electron chi connectivity index (χ2n) is 4.56. The fourth-order valence-electron chi connectivity index (χ4n) is 1.58. The fourth-order valence-corrected chi connectivity index (χ4v) is 1.58. The first-order valence-electron chi connectivity index (χ1n) is 6.58. The van der Waals surface area contributed by atoms with Gasteiger partial charge in [0.1, 0.15) is 12.4 Å². The molecule has 2 N–H and O–H groups in total. The SMILES string of the molecule is C=CCNC(=NCc1nnc(C)n1C)NC(C)COC. The Hall–Kier alpha value is -1.89. The first kappa shape index (κ1) is 16.2. The largest absolute Gasteiger partial charge is 0.383 e. The molecule has 1 rings (SSSR count). The maximum Gasteiger partial charge on any atom is 0.192 e. The Labute approximate surface area is 120 Å². The Morgan fingerprint density at radius 3 is 2.85 bits per heavy atom. The number of methoxy groups -OCH3 is 1. The van der Waals surface area contributed by atoms with Gasteiger partial charge in [0, 0.05) is 26.7 Å². The van der Waals surface area contributed by atoms with Gasteiger partial charge in [-0.3, -0.25) is 0 Å². The number of nitrogens with zero attached hydrogens (tertiary/aromatic N) is 4. The lowest BCUT2D eigenvalue weighted by Gasteiger charge is -2.16. The van der Waals surface area contributed by atoms with E-state index < -0.39 is 0 Å². The summed E-state index contributed by atoms with van der Waals surface area (Å²) in [6.07, 6.45) is 1.78. The van der Waals surface area contributed by atoms with E-state index in [-0.39, 0.29) is 6.04 Å². The number of ether oxygens (including phenoxy) is 1. The van der Waals surface area contributed by atoms with Crippen molar-refractivity contribution in [1.82, 2.24) is 25.4 Å². The summed E-state index contributed by atoms with van der Waals surface area (Å²) in [6, 6.07) is 0.164. The third kappa shape index (κ3) is 5.00. The first-order chi connectivity index (χ1) is 9.58. The van der Waals surface area contributed by atoms with Crippen molar-refractivity contribution in [2.75, 3.05) is 20.3 Å². The number of aryl methyl sites for hydroxylation is 1. The van der Waals surface area contributed by atoms with E-state index >= 15 is 0 Å². The average molecular weight is 280 g/mol. The molecule has 1 aromatic heterocycles. The van der Waals surface area contributed by atoms with Crippen molar-refractivity contribution < 1.29 is 4.74 Å². The number of aromatic nitrogens is 3. The van der Waals surface area contributed by atoms with E-state index in [0.717, 1.165) is 11.6 Å². The van der Waals surface area contributed by atoms with Crippen LogP contribution in [0.2, 0.25) is 0 Å². The van der Waals surface area contributed by atoms with Crippen LogP contribution in [0.15, 0.2) is 17.6 Å². The van der Waals surface area contributed by atoms with Gasteiger partial charge in [0.05, 0.1) is 6.61 Å². The molecule has 0 radical (unpaired) electrons. The molecule has 0 bridgehead atoms. The number of nitrogens with one attached hydrogen (secondary N) is 2. The molecule has 1 atom stereocenters. The summed E-state index contributed by atoms with van der Waals surface area (Å²) in [5, 5.41) is 14.5. The van der Waals surface area contributed by atoms with Crippen LogP contribution in [0.25, 0.3) is 0 Å². The maximum absolute atomic E-state index is 5.10. The normalized spacial score (nSPS) is 13.1. The standard InChI is InChI=1S/C13H24N6O/c1-6-7-14-13(16-10(2)9-20-5)15-8-12-18-17-11(3)19(12)4/h6,10H,1,7-9H2,2-5H3,(H2,14,15,16). The molecule has 0 saturated carbocycles. The van der Waals surface area contributed by atoms with Crippen LogP contribution in [-0.4, -0.2) is 47.0 Å². The smallest absolute Gasteiger partial charge is 0.192 e. The summed E-state index contributed by atoms with van der Waals surface area (Å²) >= 11 is 0. The Morgan fingerprint density at radius 2 is 2.30 bits per heavy atom. The number of hydrogen-bond acceptors (Lipinski definition) is 4. The van der Waals surface area contributed by atoms with Crippen LogP contribution >= 0.6 is 0 Å². The summed E-state index contributed by atoms with van der Waals surface area (Å²) in [5.41, 5.74) is 0. The van der Waals surface area contributed by atoms with E-state index in [1.54, 1.807) is 13.2 Å². The van der Waals surface area contributed by atoms with Gasteiger partial charge in [0.15, 0.2) is 11.8 Å². The molecule has 1 heterocycles. The maximum atomic E-state index is 5.10. The summed E-state index contributed by atoms with van der Waals surface area (Å²) in [6.45, 7) is 9.34. The third-order valence-corrected chi connectivity index (χ3v) is 2.77. The van der Waals surface area contributed by atoms with Gasteiger partial charge < -0.3 is 19.9 Å². The van der Waals surface area contributed by atoms with Crippen molar-refractivity contribution in [3.05, 3.63) is 24.3 Å². The van der Waals surface area contributed by atoms with Gasteiger partial charge in [-0.15, -0.1) is 16.8 Å². The van der Waals surface area contributed by atoms with E-state index in [0.29, 0.717) is 25.7 Å². The lowest BCUT2D eigenvalue weighted by molar-refractivity contribution is 0.179. The Bertz CT molecular complexity index is 454. The van der Waals surface area contributed by atoms with E-state index in [9.17, 15) is 0 Å². The molecule has 1 aromatic rings. The molecular weight excluding hydrogens is 256 g/mol. The number of hydrogen-bond donors (Lipinski definition) is 2. The topological polar surface area (TPSA) is 76.4 Å². The highest BCUT2D eigenvalue weighted by atomic mass is 16.5. The molecule has 0 spiro atoms. The van der Waals surface area contributed by atoms with Gasteiger partial charge in [-0.25, -0.2) is 4.99 Å². The zero-order valence-electron chi connectivity index (χ0n) is 12.7. The first-order valence-corrected chi connectivity index (χ1v) is 6.58. The number of guanidine groups is 1. The highest BCUT2D eigenvalue weighted by Gasteiger charge is 2.07. The average Bonchev–Trinajstić information content (AvgIpc) is 2.73. The van der Waals surface area contributed by atoms with Crippen LogP contribution in [-0.2, 0) is 18.3 Å². The monoisotopic (exact) mass is 280 g/mol. The van der Waals surface area contributed by atoms with Crippen LogP contribution in [0.5, 0.6) is 0 Å². The van der Waals surface area contributed by atoms with Gasteiger partial charge >= 0.3 is 0 Å². The summed E-state index contributed by atoms with van der Waals surface area (Å²) in [5.74, 6) is 2.40. The second-order valence-corrected chi connectivity index (χ2v) is 4.56. The van der Waals surface area contributed by atoms with Crippen LogP contribution in [0, 0.1) is 6.92 Å². The zero-order chi connectivity index (χ0) is 15.0. The minimum Gasteiger partial charge on any atom is -0.383 e. The van der Waals surface area contributed by atoms with Crippen molar-refractivity contribution in [2.24, 2.45) is 12.0 Å². The molecule has 0 fully saturated rings. The van der Waals surface area contributed by atoms with Crippen molar-refractivity contribution in [3.8, 4) is 0 Å². The highest BCUT2D eigenvalue weighted by Crippen LogP contribution is 1.99. The van der Waals surface area contributed by atoms with Gasteiger partial charge in [-0.1, -0.05) is 6.08 Å². The summed E-state index contributed by atoms with van der Waals surface area (Å²) < 4.78 is 7.03. The lowest BCUT2D eigenvalue weighted by Crippen LogP contribution is -2.44. The molecule has 0 aliphatic rings. The molecule has 1 unspecified atom stereocenters. The molecule has 0 aliphatic carbocycles. The second kappa shape index (κ2) is 8.31. The van der Waals surface area contributed by atoms with E-state index in [1.807, 2.05) is 25.5 Å². The highest BCUT2D eigenvalue weighted by molar-refractivity contribution is 5.80. The minimum absolute atomic E-state index is 0.164. The van der Waals surface area contributed by atoms with Crippen molar-refractivity contribution >= 4 is 5.96 Å². The number of aliphatic imine (C=N–C) groups is 1. The van der Waals surface area contributed by atoms with Gasteiger partial charge in [0.25, 0.3) is 0 Å². The van der Waals surface area contributed by atoms with Gasteiger partial charge in [-0.05, 0) is 13.8 Å². The quantitative estimate of drug-likeness (QED) is 0.429. The van der Waals surface area contributed by atoms with Crippen molar-refractivity contribution in [1.29, 1.82) is 0 Å². The zero-order valence-corrected chi connectivity index (χ0v) is 12.7. The molecule has 0 aromatic carbocycles.